The summed E-state index contributed by atoms with van der Waals surface area (Å²) in [5.41, 5.74) is 0.378. The van der Waals surface area contributed by atoms with Crippen LogP contribution in [0.1, 0.15) is 25.7 Å². The van der Waals surface area contributed by atoms with Crippen LogP contribution in [-0.2, 0) is 0 Å². The van der Waals surface area contributed by atoms with Gasteiger partial charge in [-0.05, 0) is 51.4 Å². The van der Waals surface area contributed by atoms with Crippen molar-refractivity contribution in [2.45, 2.75) is 25.7 Å². The zero-order valence-corrected chi connectivity index (χ0v) is 7.45. The second-order valence-electron chi connectivity index (χ2n) is 3.37. The van der Waals surface area contributed by atoms with E-state index in [1.165, 1.54) is 0 Å². The molecule has 0 bridgehead atoms. The summed E-state index contributed by atoms with van der Waals surface area (Å²) >= 11 is 0. The lowest BCUT2D eigenvalue weighted by Gasteiger charge is -2.20. The Bertz CT molecular complexity index is 161. The molecule has 0 saturated carbocycles. The molecule has 1 fully saturated rings. The van der Waals surface area contributed by atoms with E-state index < -0.39 is 6.08 Å². The van der Waals surface area contributed by atoms with Crippen molar-refractivity contribution in [3.63, 3.8) is 0 Å². The van der Waals surface area contributed by atoms with Gasteiger partial charge in [-0.25, -0.2) is 0 Å². The highest BCUT2D eigenvalue weighted by Crippen LogP contribution is 2.21. The SMILES string of the molecule is CN1CCCC(=C(F)F)CCC1. The van der Waals surface area contributed by atoms with Crippen molar-refractivity contribution in [1.82, 2.24) is 4.90 Å². The monoisotopic (exact) mass is 175 g/mol. The van der Waals surface area contributed by atoms with Gasteiger partial charge in [-0.2, -0.15) is 8.78 Å². The van der Waals surface area contributed by atoms with Crippen molar-refractivity contribution in [2.75, 3.05) is 20.1 Å². The molecule has 1 aliphatic heterocycles. The van der Waals surface area contributed by atoms with E-state index in [4.69, 9.17) is 0 Å². The highest BCUT2D eigenvalue weighted by atomic mass is 19.3. The summed E-state index contributed by atoms with van der Waals surface area (Å²) in [5.74, 6) is 0. The first-order valence-electron chi connectivity index (χ1n) is 4.41. The number of hydrogen-bond acceptors (Lipinski definition) is 1. The Morgan fingerprint density at radius 1 is 1.17 bits per heavy atom. The molecule has 0 aromatic heterocycles. The zero-order chi connectivity index (χ0) is 8.97. The summed E-state index contributed by atoms with van der Waals surface area (Å²) < 4.78 is 24.4. The van der Waals surface area contributed by atoms with E-state index in [0.717, 1.165) is 25.9 Å². The quantitative estimate of drug-likeness (QED) is 0.547. The van der Waals surface area contributed by atoms with Crippen molar-refractivity contribution < 1.29 is 8.78 Å². The van der Waals surface area contributed by atoms with Gasteiger partial charge in [-0.15, -0.1) is 0 Å². The minimum Gasteiger partial charge on any atom is -0.306 e. The van der Waals surface area contributed by atoms with Gasteiger partial charge in [-0.3, -0.25) is 0 Å². The number of nitrogens with zero attached hydrogens (tertiary/aromatic N) is 1. The Morgan fingerprint density at radius 3 is 2.08 bits per heavy atom. The van der Waals surface area contributed by atoms with E-state index in [1.54, 1.807) is 0 Å². The summed E-state index contributed by atoms with van der Waals surface area (Å²) in [7, 11) is 2.04. The van der Waals surface area contributed by atoms with Crippen LogP contribution in [0.15, 0.2) is 11.7 Å². The van der Waals surface area contributed by atoms with Gasteiger partial charge in [-0.1, -0.05) is 0 Å². The van der Waals surface area contributed by atoms with Crippen LogP contribution in [0, 0.1) is 0 Å². The summed E-state index contributed by atoms with van der Waals surface area (Å²) in [6.45, 7) is 1.88. The number of allylic oxidation sites excluding steroid dienone is 1. The molecule has 1 heterocycles. The molecule has 0 atom stereocenters. The molecule has 1 saturated heterocycles. The van der Waals surface area contributed by atoms with Crippen molar-refractivity contribution in [3.8, 4) is 0 Å². The van der Waals surface area contributed by atoms with Gasteiger partial charge in [0.15, 0.2) is 0 Å². The van der Waals surface area contributed by atoms with E-state index >= 15 is 0 Å². The molecular formula is C9H15F2N. The fourth-order valence-electron chi connectivity index (χ4n) is 1.55. The molecule has 0 radical (unpaired) electrons. The molecule has 0 aromatic rings. The van der Waals surface area contributed by atoms with Gasteiger partial charge in [0.1, 0.15) is 0 Å². The van der Waals surface area contributed by atoms with Crippen LogP contribution in [0.5, 0.6) is 0 Å². The van der Waals surface area contributed by atoms with Gasteiger partial charge in [0.2, 0.25) is 0 Å². The van der Waals surface area contributed by atoms with E-state index in [0.29, 0.717) is 18.4 Å². The lowest BCUT2D eigenvalue weighted by Crippen LogP contribution is -2.22. The number of rotatable bonds is 0. The standard InChI is InChI=1S/C9H15F2N/c1-12-6-2-4-8(9(10)11)5-3-7-12/h2-7H2,1H3. The van der Waals surface area contributed by atoms with Gasteiger partial charge in [0, 0.05) is 0 Å². The van der Waals surface area contributed by atoms with Crippen LogP contribution < -0.4 is 0 Å². The van der Waals surface area contributed by atoms with Gasteiger partial charge in [0.25, 0.3) is 6.08 Å². The molecule has 0 unspecified atom stereocenters. The summed E-state index contributed by atoms with van der Waals surface area (Å²) in [4.78, 5) is 2.20. The van der Waals surface area contributed by atoms with E-state index in [9.17, 15) is 8.78 Å². The summed E-state index contributed by atoms with van der Waals surface area (Å²) in [6, 6.07) is 0. The maximum Gasteiger partial charge on any atom is 0.269 e. The Morgan fingerprint density at radius 2 is 1.67 bits per heavy atom. The van der Waals surface area contributed by atoms with Crippen molar-refractivity contribution in [1.29, 1.82) is 0 Å². The number of halogens is 2. The maximum atomic E-state index is 12.2. The Labute approximate surface area is 72.1 Å². The largest absolute Gasteiger partial charge is 0.306 e. The van der Waals surface area contributed by atoms with Crippen LogP contribution in [0.2, 0.25) is 0 Å². The lowest BCUT2D eigenvalue weighted by atomic mass is 10.0. The molecule has 1 rings (SSSR count). The molecule has 0 amide bonds. The third kappa shape index (κ3) is 2.89. The Hall–Kier alpha value is -0.440. The first kappa shape index (κ1) is 9.65. The second-order valence-corrected chi connectivity index (χ2v) is 3.37. The smallest absolute Gasteiger partial charge is 0.269 e. The molecule has 0 aromatic carbocycles. The van der Waals surface area contributed by atoms with Gasteiger partial charge in [0.05, 0.1) is 0 Å². The molecule has 3 heteroatoms. The molecule has 0 spiro atoms. The van der Waals surface area contributed by atoms with Crippen molar-refractivity contribution >= 4 is 0 Å². The normalized spacial score (nSPS) is 21.8. The number of hydrogen-bond donors (Lipinski definition) is 0. The molecule has 1 aliphatic rings. The van der Waals surface area contributed by atoms with E-state index in [2.05, 4.69) is 4.90 Å². The van der Waals surface area contributed by atoms with Crippen LogP contribution >= 0.6 is 0 Å². The fourth-order valence-corrected chi connectivity index (χ4v) is 1.55. The van der Waals surface area contributed by atoms with Crippen molar-refractivity contribution in [3.05, 3.63) is 11.7 Å². The van der Waals surface area contributed by atoms with Crippen LogP contribution in [0.4, 0.5) is 8.78 Å². The topological polar surface area (TPSA) is 3.24 Å². The predicted molar refractivity (Wildman–Crippen MR) is 45.2 cm³/mol. The van der Waals surface area contributed by atoms with Crippen molar-refractivity contribution in [2.24, 2.45) is 0 Å². The zero-order valence-electron chi connectivity index (χ0n) is 7.45. The number of likely N-dealkylation sites (tertiary alicyclic amines) is 1. The summed E-state index contributed by atoms with van der Waals surface area (Å²) in [6.07, 6.45) is 1.44. The highest BCUT2D eigenvalue weighted by molar-refractivity contribution is 5.03. The van der Waals surface area contributed by atoms with E-state index in [1.807, 2.05) is 7.05 Å². The molecule has 12 heavy (non-hydrogen) atoms. The van der Waals surface area contributed by atoms with Gasteiger partial charge < -0.3 is 4.90 Å². The Kier molecular flexibility index (Phi) is 3.66. The van der Waals surface area contributed by atoms with Crippen LogP contribution in [0.3, 0.4) is 0 Å². The minimum atomic E-state index is -1.44. The average molecular weight is 175 g/mol. The third-order valence-electron chi connectivity index (χ3n) is 2.30. The van der Waals surface area contributed by atoms with Gasteiger partial charge >= 0.3 is 0 Å². The average Bonchev–Trinajstić information content (AvgIpc) is 1.95. The molecule has 0 aliphatic carbocycles. The predicted octanol–water partition coefficient (Wildman–Crippen LogP) is 2.64. The first-order valence-corrected chi connectivity index (χ1v) is 4.41. The Balaban J connectivity index is 2.46. The third-order valence-corrected chi connectivity index (χ3v) is 2.30. The second kappa shape index (κ2) is 4.55. The minimum absolute atomic E-state index is 0.378. The fraction of sp³-hybridized carbons (Fsp3) is 0.778. The summed E-state index contributed by atoms with van der Waals surface area (Å²) in [5, 5.41) is 0. The molecule has 0 N–H and O–H groups in total. The highest BCUT2D eigenvalue weighted by Gasteiger charge is 2.10. The first-order chi connectivity index (χ1) is 5.70. The molecule has 1 nitrogen and oxygen atoms in total. The molecule has 70 valence electrons. The van der Waals surface area contributed by atoms with E-state index in [-0.39, 0.29) is 0 Å². The molecular weight excluding hydrogens is 160 g/mol. The van der Waals surface area contributed by atoms with Crippen LogP contribution in [-0.4, -0.2) is 25.0 Å². The maximum absolute atomic E-state index is 12.2. The van der Waals surface area contributed by atoms with Crippen LogP contribution in [0.25, 0.3) is 0 Å². The lowest BCUT2D eigenvalue weighted by molar-refractivity contribution is 0.305.